The number of aromatic nitrogens is 1. The second-order valence-corrected chi connectivity index (χ2v) is 6.05. The number of nitro benzene ring substituents is 1. The van der Waals surface area contributed by atoms with Gasteiger partial charge in [-0.1, -0.05) is 11.8 Å². The highest BCUT2D eigenvalue weighted by Crippen LogP contribution is 2.25. The number of oxazole rings is 1. The van der Waals surface area contributed by atoms with E-state index in [4.69, 9.17) is 9.15 Å². The fourth-order valence-corrected chi connectivity index (χ4v) is 1.87. The molecule has 0 saturated heterocycles. The van der Waals surface area contributed by atoms with Crippen LogP contribution >= 0.6 is 0 Å². The molecule has 0 atom stereocenters. The second kappa shape index (κ2) is 7.49. The minimum atomic E-state index is -0.594. The van der Waals surface area contributed by atoms with Crippen LogP contribution in [0.2, 0.25) is 0 Å². The maximum Gasteiger partial charge on any atom is 0.408 e. The zero-order valence-corrected chi connectivity index (χ0v) is 14.0. The molecule has 1 aromatic heterocycles. The van der Waals surface area contributed by atoms with Crippen molar-refractivity contribution in [3.63, 3.8) is 0 Å². The summed E-state index contributed by atoms with van der Waals surface area (Å²) in [5, 5.41) is 13.6. The Morgan fingerprint density at radius 2 is 2.16 bits per heavy atom. The molecular formula is C17H17N3O5. The number of hydrogen-bond donors (Lipinski definition) is 1. The number of nitrogens with one attached hydrogen (secondary N) is 1. The van der Waals surface area contributed by atoms with Gasteiger partial charge in [0.25, 0.3) is 5.69 Å². The van der Waals surface area contributed by atoms with Crippen molar-refractivity contribution in [1.29, 1.82) is 0 Å². The van der Waals surface area contributed by atoms with Crippen molar-refractivity contribution < 1.29 is 18.9 Å². The number of rotatable bonds is 3. The van der Waals surface area contributed by atoms with Gasteiger partial charge in [0.1, 0.15) is 5.60 Å². The van der Waals surface area contributed by atoms with Gasteiger partial charge >= 0.3 is 6.09 Å². The number of nitrogens with zero attached hydrogens (tertiary/aromatic N) is 2. The van der Waals surface area contributed by atoms with E-state index in [0.29, 0.717) is 16.9 Å². The second-order valence-electron chi connectivity index (χ2n) is 6.05. The average molecular weight is 343 g/mol. The summed E-state index contributed by atoms with van der Waals surface area (Å²) in [4.78, 5) is 25.9. The number of ether oxygens (including phenoxy) is 1. The maximum atomic E-state index is 11.5. The number of hydrogen-bond acceptors (Lipinski definition) is 6. The molecule has 0 spiro atoms. The fourth-order valence-electron chi connectivity index (χ4n) is 1.87. The van der Waals surface area contributed by atoms with Crippen molar-refractivity contribution in [1.82, 2.24) is 10.3 Å². The van der Waals surface area contributed by atoms with Crippen LogP contribution in [0.5, 0.6) is 0 Å². The van der Waals surface area contributed by atoms with Crippen LogP contribution < -0.4 is 5.32 Å². The van der Waals surface area contributed by atoms with Crippen LogP contribution in [0.4, 0.5) is 10.5 Å². The highest BCUT2D eigenvalue weighted by molar-refractivity contribution is 5.68. The quantitative estimate of drug-likeness (QED) is 0.521. The van der Waals surface area contributed by atoms with Crippen molar-refractivity contribution in [3.05, 3.63) is 46.5 Å². The van der Waals surface area contributed by atoms with Gasteiger partial charge in [-0.3, -0.25) is 10.1 Å². The third-order valence-corrected chi connectivity index (χ3v) is 2.80. The molecule has 2 rings (SSSR count). The maximum absolute atomic E-state index is 11.5. The fraction of sp³-hybridized carbons (Fsp3) is 0.294. The zero-order chi connectivity index (χ0) is 18.4. The smallest absolute Gasteiger partial charge is 0.408 e. The monoisotopic (exact) mass is 343 g/mol. The normalized spacial score (nSPS) is 10.5. The minimum Gasteiger partial charge on any atom is -0.444 e. The SMILES string of the molecule is CC(C)(C)OC(=O)NCC#Cc1cc(-c2cnco2)cc([N+](=O)[O-])c1. The first-order valence-electron chi connectivity index (χ1n) is 7.39. The largest absolute Gasteiger partial charge is 0.444 e. The number of amides is 1. The molecule has 1 amide bonds. The van der Waals surface area contributed by atoms with Crippen molar-refractivity contribution >= 4 is 11.8 Å². The van der Waals surface area contributed by atoms with Crippen molar-refractivity contribution in [3.8, 4) is 23.2 Å². The predicted molar refractivity (Wildman–Crippen MR) is 89.7 cm³/mol. The summed E-state index contributed by atoms with van der Waals surface area (Å²) < 4.78 is 10.2. The predicted octanol–water partition coefficient (Wildman–Crippen LogP) is 3.13. The van der Waals surface area contributed by atoms with Crippen LogP contribution in [0.3, 0.4) is 0 Å². The molecule has 0 bridgehead atoms. The van der Waals surface area contributed by atoms with E-state index in [1.807, 2.05) is 0 Å². The molecule has 0 aliphatic heterocycles. The molecular weight excluding hydrogens is 326 g/mol. The zero-order valence-electron chi connectivity index (χ0n) is 14.0. The summed E-state index contributed by atoms with van der Waals surface area (Å²) in [7, 11) is 0. The Morgan fingerprint density at radius 3 is 2.76 bits per heavy atom. The summed E-state index contributed by atoms with van der Waals surface area (Å²) in [6.07, 6.45) is 2.12. The lowest BCUT2D eigenvalue weighted by atomic mass is 10.1. The molecule has 2 aromatic rings. The Balaban J connectivity index is 2.12. The third kappa shape index (κ3) is 5.66. The molecule has 1 heterocycles. The van der Waals surface area contributed by atoms with Gasteiger partial charge in [0.2, 0.25) is 0 Å². The molecule has 25 heavy (non-hydrogen) atoms. The molecule has 1 aromatic carbocycles. The van der Waals surface area contributed by atoms with Gasteiger partial charge in [0.15, 0.2) is 12.2 Å². The van der Waals surface area contributed by atoms with Gasteiger partial charge in [-0.2, -0.15) is 0 Å². The topological polar surface area (TPSA) is 108 Å². The molecule has 130 valence electrons. The van der Waals surface area contributed by atoms with E-state index in [9.17, 15) is 14.9 Å². The highest BCUT2D eigenvalue weighted by atomic mass is 16.6. The Bertz CT molecular complexity index is 826. The standard InChI is InChI=1S/C17H17N3O5/c1-17(2,3)25-16(21)19-6-4-5-12-7-13(15-10-18-11-24-15)9-14(8-12)20(22)23/h7-11H,6H2,1-3H3,(H,19,21). The van der Waals surface area contributed by atoms with E-state index in [0.717, 1.165) is 0 Å². The number of nitro groups is 1. The number of benzene rings is 1. The molecule has 8 nitrogen and oxygen atoms in total. The van der Waals surface area contributed by atoms with Crippen molar-refractivity contribution in [2.45, 2.75) is 26.4 Å². The van der Waals surface area contributed by atoms with E-state index >= 15 is 0 Å². The number of carbonyl (C=O) groups is 1. The first kappa shape index (κ1) is 18.0. The van der Waals surface area contributed by atoms with Crippen molar-refractivity contribution in [2.75, 3.05) is 6.54 Å². The molecule has 0 saturated carbocycles. The molecule has 8 heteroatoms. The Morgan fingerprint density at radius 1 is 1.40 bits per heavy atom. The lowest BCUT2D eigenvalue weighted by Gasteiger charge is -2.18. The van der Waals surface area contributed by atoms with Crippen LogP contribution in [0, 0.1) is 22.0 Å². The Hall–Kier alpha value is -3.34. The minimum absolute atomic E-state index is 0.0508. The first-order valence-corrected chi connectivity index (χ1v) is 7.39. The Kier molecular flexibility index (Phi) is 5.39. The van der Waals surface area contributed by atoms with Gasteiger partial charge in [-0.25, -0.2) is 9.78 Å². The lowest BCUT2D eigenvalue weighted by Crippen LogP contribution is -2.32. The summed E-state index contributed by atoms with van der Waals surface area (Å²) >= 11 is 0. The highest BCUT2D eigenvalue weighted by Gasteiger charge is 2.15. The Labute approximate surface area is 144 Å². The van der Waals surface area contributed by atoms with Crippen LogP contribution in [0.15, 0.2) is 35.2 Å². The lowest BCUT2D eigenvalue weighted by molar-refractivity contribution is -0.384. The van der Waals surface area contributed by atoms with Crippen LogP contribution in [0.1, 0.15) is 26.3 Å². The summed E-state index contributed by atoms with van der Waals surface area (Å²) in [6, 6.07) is 4.37. The molecule has 0 fully saturated rings. The first-order chi connectivity index (χ1) is 11.7. The van der Waals surface area contributed by atoms with Gasteiger partial charge in [0.05, 0.1) is 17.7 Å². The van der Waals surface area contributed by atoms with Crippen LogP contribution in [0.25, 0.3) is 11.3 Å². The average Bonchev–Trinajstić information content (AvgIpc) is 3.04. The number of alkyl carbamates (subject to hydrolysis) is 1. The molecule has 0 aliphatic rings. The van der Waals surface area contributed by atoms with Crippen LogP contribution in [-0.4, -0.2) is 28.1 Å². The molecule has 0 aliphatic carbocycles. The molecule has 0 unspecified atom stereocenters. The van der Waals surface area contributed by atoms with Gasteiger partial charge < -0.3 is 14.5 Å². The summed E-state index contributed by atoms with van der Waals surface area (Å²) in [5.41, 5.74) is 0.213. The molecule has 1 N–H and O–H groups in total. The number of non-ortho nitro benzene ring substituents is 1. The van der Waals surface area contributed by atoms with E-state index in [1.165, 1.54) is 24.7 Å². The third-order valence-electron chi connectivity index (χ3n) is 2.80. The van der Waals surface area contributed by atoms with E-state index in [2.05, 4.69) is 22.1 Å². The van der Waals surface area contributed by atoms with E-state index in [-0.39, 0.29) is 12.2 Å². The van der Waals surface area contributed by atoms with Gasteiger partial charge in [0, 0.05) is 23.3 Å². The summed E-state index contributed by atoms with van der Waals surface area (Å²) in [5.74, 6) is 5.90. The number of carbonyl (C=O) groups excluding carboxylic acids is 1. The summed E-state index contributed by atoms with van der Waals surface area (Å²) in [6.45, 7) is 5.32. The van der Waals surface area contributed by atoms with E-state index < -0.39 is 16.6 Å². The van der Waals surface area contributed by atoms with Gasteiger partial charge in [-0.15, -0.1) is 0 Å². The van der Waals surface area contributed by atoms with E-state index in [1.54, 1.807) is 26.8 Å². The van der Waals surface area contributed by atoms with Crippen LogP contribution in [-0.2, 0) is 4.74 Å². The van der Waals surface area contributed by atoms with Crippen molar-refractivity contribution in [2.24, 2.45) is 0 Å². The molecule has 0 radical (unpaired) electrons. The van der Waals surface area contributed by atoms with Gasteiger partial charge in [-0.05, 0) is 26.8 Å².